The van der Waals surface area contributed by atoms with Crippen molar-refractivity contribution >= 4 is 5.91 Å². The highest BCUT2D eigenvalue weighted by Gasteiger charge is 2.14. The standard InChI is InChI=1S/C15H24N2O2/c1-10(2)9-17-15(18)12(4)19-14-7-5-13(6-8-14)11(3)16/h5-8,10-12H,9,16H2,1-4H3,(H,17,18)/t11-,12?/m0/s1. The van der Waals surface area contributed by atoms with Crippen molar-refractivity contribution in [2.24, 2.45) is 11.7 Å². The highest BCUT2D eigenvalue weighted by molar-refractivity contribution is 5.80. The van der Waals surface area contributed by atoms with Gasteiger partial charge in [-0.2, -0.15) is 0 Å². The van der Waals surface area contributed by atoms with E-state index in [1.807, 2.05) is 31.2 Å². The first-order chi connectivity index (χ1) is 8.90. The van der Waals surface area contributed by atoms with Crippen molar-refractivity contribution in [2.75, 3.05) is 6.54 Å². The molecule has 1 aromatic carbocycles. The van der Waals surface area contributed by atoms with Crippen LogP contribution >= 0.6 is 0 Å². The number of amides is 1. The van der Waals surface area contributed by atoms with Crippen LogP contribution in [0.1, 0.15) is 39.3 Å². The Morgan fingerprint density at radius 3 is 2.26 bits per heavy atom. The largest absolute Gasteiger partial charge is 0.481 e. The van der Waals surface area contributed by atoms with E-state index in [1.54, 1.807) is 6.92 Å². The van der Waals surface area contributed by atoms with Crippen LogP contribution in [0.2, 0.25) is 0 Å². The molecule has 0 heterocycles. The first kappa shape index (κ1) is 15.5. The molecular weight excluding hydrogens is 240 g/mol. The van der Waals surface area contributed by atoms with Gasteiger partial charge in [-0.3, -0.25) is 4.79 Å². The van der Waals surface area contributed by atoms with Crippen molar-refractivity contribution in [1.82, 2.24) is 5.32 Å². The summed E-state index contributed by atoms with van der Waals surface area (Å²) in [6.07, 6.45) is -0.500. The summed E-state index contributed by atoms with van der Waals surface area (Å²) >= 11 is 0. The molecular formula is C15H24N2O2. The summed E-state index contributed by atoms with van der Waals surface area (Å²) in [4.78, 5) is 11.8. The minimum atomic E-state index is -0.500. The summed E-state index contributed by atoms with van der Waals surface area (Å²) in [7, 11) is 0. The van der Waals surface area contributed by atoms with Gasteiger partial charge in [0.1, 0.15) is 5.75 Å². The highest BCUT2D eigenvalue weighted by Crippen LogP contribution is 2.17. The highest BCUT2D eigenvalue weighted by atomic mass is 16.5. The Kier molecular flexibility index (Phi) is 5.83. The molecule has 4 heteroatoms. The van der Waals surface area contributed by atoms with Crippen LogP contribution in [0.15, 0.2) is 24.3 Å². The number of ether oxygens (including phenoxy) is 1. The zero-order valence-electron chi connectivity index (χ0n) is 12.1. The molecule has 0 saturated carbocycles. The molecule has 0 fully saturated rings. The normalized spacial score (nSPS) is 14.0. The fraction of sp³-hybridized carbons (Fsp3) is 0.533. The molecule has 0 aliphatic carbocycles. The molecule has 0 radical (unpaired) electrons. The summed E-state index contributed by atoms with van der Waals surface area (Å²) < 4.78 is 5.59. The summed E-state index contributed by atoms with van der Waals surface area (Å²) in [5.74, 6) is 1.02. The second-order valence-electron chi connectivity index (χ2n) is 5.26. The average Bonchev–Trinajstić information content (AvgIpc) is 2.36. The monoisotopic (exact) mass is 264 g/mol. The molecule has 0 spiro atoms. The van der Waals surface area contributed by atoms with E-state index in [9.17, 15) is 4.79 Å². The van der Waals surface area contributed by atoms with Crippen LogP contribution in [-0.4, -0.2) is 18.6 Å². The lowest BCUT2D eigenvalue weighted by molar-refractivity contribution is -0.127. The van der Waals surface area contributed by atoms with Gasteiger partial charge in [-0.05, 0) is 37.5 Å². The molecule has 1 amide bonds. The fourth-order valence-electron chi connectivity index (χ4n) is 1.56. The van der Waals surface area contributed by atoms with E-state index in [0.717, 1.165) is 5.56 Å². The van der Waals surface area contributed by atoms with E-state index in [2.05, 4.69) is 19.2 Å². The maximum absolute atomic E-state index is 11.8. The number of nitrogens with one attached hydrogen (secondary N) is 1. The Bertz CT molecular complexity index is 399. The van der Waals surface area contributed by atoms with Crippen LogP contribution in [0.5, 0.6) is 5.75 Å². The topological polar surface area (TPSA) is 64.3 Å². The SMILES string of the molecule is CC(C)CNC(=O)C(C)Oc1ccc([C@H](C)N)cc1. The van der Waals surface area contributed by atoms with E-state index in [1.165, 1.54) is 0 Å². The maximum atomic E-state index is 11.8. The molecule has 19 heavy (non-hydrogen) atoms. The van der Waals surface area contributed by atoms with Gasteiger partial charge in [0.15, 0.2) is 6.10 Å². The summed E-state index contributed by atoms with van der Waals surface area (Å²) in [5, 5.41) is 2.85. The average molecular weight is 264 g/mol. The zero-order valence-corrected chi connectivity index (χ0v) is 12.1. The predicted molar refractivity (Wildman–Crippen MR) is 77.0 cm³/mol. The maximum Gasteiger partial charge on any atom is 0.260 e. The van der Waals surface area contributed by atoms with Gasteiger partial charge in [-0.1, -0.05) is 26.0 Å². The second-order valence-corrected chi connectivity index (χ2v) is 5.26. The number of nitrogens with two attached hydrogens (primary N) is 1. The van der Waals surface area contributed by atoms with Crippen molar-refractivity contribution in [1.29, 1.82) is 0 Å². The molecule has 0 saturated heterocycles. The minimum absolute atomic E-state index is 0.000754. The van der Waals surface area contributed by atoms with E-state index < -0.39 is 6.10 Å². The van der Waals surface area contributed by atoms with Gasteiger partial charge in [0.2, 0.25) is 0 Å². The van der Waals surface area contributed by atoms with Crippen molar-refractivity contribution in [3.63, 3.8) is 0 Å². The Morgan fingerprint density at radius 1 is 1.21 bits per heavy atom. The molecule has 0 aliphatic rings. The molecule has 1 aromatic rings. The molecule has 2 atom stereocenters. The molecule has 0 bridgehead atoms. The van der Waals surface area contributed by atoms with Gasteiger partial charge in [-0.15, -0.1) is 0 Å². The lowest BCUT2D eigenvalue weighted by atomic mass is 10.1. The third-order valence-electron chi connectivity index (χ3n) is 2.77. The van der Waals surface area contributed by atoms with Crippen molar-refractivity contribution in [2.45, 2.75) is 39.8 Å². The van der Waals surface area contributed by atoms with Gasteiger partial charge < -0.3 is 15.8 Å². The minimum Gasteiger partial charge on any atom is -0.481 e. The molecule has 1 unspecified atom stereocenters. The van der Waals surface area contributed by atoms with Crippen LogP contribution in [-0.2, 0) is 4.79 Å². The number of benzene rings is 1. The molecule has 3 N–H and O–H groups in total. The zero-order chi connectivity index (χ0) is 14.4. The quantitative estimate of drug-likeness (QED) is 0.828. The Morgan fingerprint density at radius 2 is 1.79 bits per heavy atom. The Labute approximate surface area is 115 Å². The summed E-state index contributed by atoms with van der Waals surface area (Å²) in [6, 6.07) is 7.51. The van der Waals surface area contributed by atoms with Gasteiger partial charge in [-0.25, -0.2) is 0 Å². The van der Waals surface area contributed by atoms with E-state index in [-0.39, 0.29) is 11.9 Å². The van der Waals surface area contributed by atoms with E-state index in [4.69, 9.17) is 10.5 Å². The van der Waals surface area contributed by atoms with Gasteiger partial charge in [0.25, 0.3) is 5.91 Å². The lowest BCUT2D eigenvalue weighted by Gasteiger charge is -2.16. The van der Waals surface area contributed by atoms with Crippen LogP contribution < -0.4 is 15.8 Å². The number of hydrogen-bond donors (Lipinski definition) is 2. The van der Waals surface area contributed by atoms with Crippen molar-refractivity contribution in [3.8, 4) is 5.75 Å². The van der Waals surface area contributed by atoms with Crippen LogP contribution in [0.25, 0.3) is 0 Å². The number of carbonyl (C=O) groups is 1. The number of hydrogen-bond acceptors (Lipinski definition) is 3. The lowest BCUT2D eigenvalue weighted by Crippen LogP contribution is -2.38. The van der Waals surface area contributed by atoms with Crippen LogP contribution in [0, 0.1) is 5.92 Å². The van der Waals surface area contributed by atoms with E-state index >= 15 is 0 Å². The first-order valence-electron chi connectivity index (χ1n) is 6.70. The first-order valence-corrected chi connectivity index (χ1v) is 6.70. The van der Waals surface area contributed by atoms with Crippen molar-refractivity contribution in [3.05, 3.63) is 29.8 Å². The molecule has 0 aliphatic heterocycles. The Hall–Kier alpha value is -1.55. The summed E-state index contributed by atoms with van der Waals surface area (Å²) in [6.45, 7) is 8.44. The van der Waals surface area contributed by atoms with Crippen LogP contribution in [0.4, 0.5) is 0 Å². The summed E-state index contributed by atoms with van der Waals surface area (Å²) in [5.41, 5.74) is 6.82. The third kappa shape index (κ3) is 5.30. The van der Waals surface area contributed by atoms with Crippen LogP contribution in [0.3, 0.4) is 0 Å². The number of carbonyl (C=O) groups excluding carboxylic acids is 1. The fourth-order valence-corrected chi connectivity index (χ4v) is 1.56. The molecule has 0 aromatic heterocycles. The van der Waals surface area contributed by atoms with Gasteiger partial charge in [0, 0.05) is 12.6 Å². The number of rotatable bonds is 6. The Balaban J connectivity index is 2.51. The second kappa shape index (κ2) is 7.14. The van der Waals surface area contributed by atoms with Crippen molar-refractivity contribution < 1.29 is 9.53 Å². The smallest absolute Gasteiger partial charge is 0.260 e. The predicted octanol–water partition coefficient (Wildman–Crippen LogP) is 2.25. The molecule has 4 nitrogen and oxygen atoms in total. The molecule has 106 valence electrons. The third-order valence-corrected chi connectivity index (χ3v) is 2.77. The van der Waals surface area contributed by atoms with E-state index in [0.29, 0.717) is 18.2 Å². The van der Waals surface area contributed by atoms with Gasteiger partial charge in [0.05, 0.1) is 0 Å². The van der Waals surface area contributed by atoms with Gasteiger partial charge >= 0.3 is 0 Å². The molecule has 1 rings (SSSR count).